The van der Waals surface area contributed by atoms with Gasteiger partial charge in [-0.1, -0.05) is 54.6 Å². The summed E-state index contributed by atoms with van der Waals surface area (Å²) in [6, 6.07) is 19.7. The summed E-state index contributed by atoms with van der Waals surface area (Å²) in [5, 5.41) is 3.04. The average Bonchev–Trinajstić information content (AvgIpc) is 3.37. The fourth-order valence-corrected chi connectivity index (χ4v) is 2.68. The Bertz CT molecular complexity index is 617. The van der Waals surface area contributed by atoms with Crippen LogP contribution >= 0.6 is 0 Å². The molecule has 0 unspecified atom stereocenters. The molecule has 0 bridgehead atoms. The maximum Gasteiger partial charge on any atom is 0.220 e. The van der Waals surface area contributed by atoms with Gasteiger partial charge in [-0.2, -0.15) is 0 Å². The smallest absolute Gasteiger partial charge is 0.220 e. The minimum absolute atomic E-state index is 0.223. The van der Waals surface area contributed by atoms with Gasteiger partial charge in [0.05, 0.1) is 0 Å². The second kappa shape index (κ2) is 7.26. The number of rotatable bonds is 7. The quantitative estimate of drug-likeness (QED) is 0.756. The van der Waals surface area contributed by atoms with Crippen molar-refractivity contribution in [3.63, 3.8) is 0 Å². The van der Waals surface area contributed by atoms with Crippen molar-refractivity contribution in [3.8, 4) is 11.1 Å². The van der Waals surface area contributed by atoms with E-state index in [-0.39, 0.29) is 5.91 Å². The molecule has 1 N–H and O–H groups in total. The Morgan fingerprint density at radius 3 is 2.50 bits per heavy atom. The van der Waals surface area contributed by atoms with Gasteiger partial charge in [0.15, 0.2) is 0 Å². The van der Waals surface area contributed by atoms with Gasteiger partial charge in [-0.25, -0.2) is 0 Å². The van der Waals surface area contributed by atoms with Crippen molar-refractivity contribution in [1.82, 2.24) is 5.32 Å². The van der Waals surface area contributed by atoms with Gasteiger partial charge >= 0.3 is 0 Å². The zero-order chi connectivity index (χ0) is 15.2. The van der Waals surface area contributed by atoms with Crippen molar-refractivity contribution in [3.05, 3.63) is 60.2 Å². The zero-order valence-electron chi connectivity index (χ0n) is 12.9. The third kappa shape index (κ3) is 4.45. The maximum atomic E-state index is 11.6. The lowest BCUT2D eigenvalue weighted by atomic mass is 10.00. The first-order valence-electron chi connectivity index (χ1n) is 8.25. The summed E-state index contributed by atoms with van der Waals surface area (Å²) in [5.41, 5.74) is 3.88. The molecule has 0 heterocycles. The standard InChI is InChI=1S/C20H23NO/c22-20(21-19-13-14-19)12-5-4-7-16-8-6-11-18(15-16)17-9-2-1-3-10-17/h1-3,6,8-11,15,19H,4-5,7,12-14H2,(H,21,22). The largest absolute Gasteiger partial charge is 0.353 e. The first-order chi connectivity index (χ1) is 10.8. The summed E-state index contributed by atoms with van der Waals surface area (Å²) in [5.74, 6) is 0.223. The highest BCUT2D eigenvalue weighted by molar-refractivity contribution is 5.76. The summed E-state index contributed by atoms with van der Waals surface area (Å²) < 4.78 is 0. The normalized spacial score (nSPS) is 13.8. The molecule has 2 aromatic carbocycles. The fourth-order valence-electron chi connectivity index (χ4n) is 2.68. The molecule has 0 aliphatic heterocycles. The van der Waals surface area contributed by atoms with Gasteiger partial charge in [-0.3, -0.25) is 4.79 Å². The zero-order valence-corrected chi connectivity index (χ0v) is 12.9. The number of benzene rings is 2. The van der Waals surface area contributed by atoms with E-state index in [0.717, 1.165) is 32.1 Å². The number of amides is 1. The maximum absolute atomic E-state index is 11.6. The minimum Gasteiger partial charge on any atom is -0.353 e. The molecule has 0 aromatic heterocycles. The van der Waals surface area contributed by atoms with E-state index >= 15 is 0 Å². The predicted octanol–water partition coefficient (Wildman–Crippen LogP) is 4.35. The Labute approximate surface area is 132 Å². The summed E-state index contributed by atoms with van der Waals surface area (Å²) >= 11 is 0. The highest BCUT2D eigenvalue weighted by Gasteiger charge is 2.22. The van der Waals surface area contributed by atoms with E-state index in [1.54, 1.807) is 0 Å². The van der Waals surface area contributed by atoms with Crippen LogP contribution in [-0.4, -0.2) is 11.9 Å². The molecule has 114 valence electrons. The third-order valence-electron chi connectivity index (χ3n) is 4.10. The van der Waals surface area contributed by atoms with Gasteiger partial charge in [0.25, 0.3) is 0 Å². The van der Waals surface area contributed by atoms with E-state index in [4.69, 9.17) is 0 Å². The molecule has 2 heteroatoms. The molecule has 1 amide bonds. The van der Waals surface area contributed by atoms with Crippen molar-refractivity contribution < 1.29 is 4.79 Å². The Balaban J connectivity index is 1.47. The first-order valence-corrected chi connectivity index (χ1v) is 8.25. The Hall–Kier alpha value is -2.09. The van der Waals surface area contributed by atoms with E-state index < -0.39 is 0 Å². The monoisotopic (exact) mass is 293 g/mol. The topological polar surface area (TPSA) is 29.1 Å². The highest BCUT2D eigenvalue weighted by atomic mass is 16.1. The van der Waals surface area contributed by atoms with Gasteiger partial charge in [-0.05, 0) is 48.8 Å². The molecule has 0 atom stereocenters. The van der Waals surface area contributed by atoms with Crippen molar-refractivity contribution in [1.29, 1.82) is 0 Å². The number of unbranched alkanes of at least 4 members (excludes halogenated alkanes) is 1. The van der Waals surface area contributed by atoms with Crippen LogP contribution in [0.5, 0.6) is 0 Å². The molecule has 3 rings (SSSR count). The number of carbonyl (C=O) groups is 1. The molecule has 0 saturated heterocycles. The number of hydrogen-bond donors (Lipinski definition) is 1. The predicted molar refractivity (Wildman–Crippen MR) is 90.6 cm³/mol. The molecular formula is C20H23NO. The molecule has 2 aromatic rings. The Kier molecular flexibility index (Phi) is 4.89. The lowest BCUT2D eigenvalue weighted by molar-refractivity contribution is -0.121. The Morgan fingerprint density at radius 1 is 0.955 bits per heavy atom. The first kappa shape index (κ1) is 14.8. The van der Waals surface area contributed by atoms with Gasteiger partial charge in [0.1, 0.15) is 0 Å². The molecule has 22 heavy (non-hydrogen) atoms. The molecule has 1 aliphatic rings. The summed E-state index contributed by atoms with van der Waals surface area (Å²) in [4.78, 5) is 11.6. The number of aryl methyl sites for hydroxylation is 1. The summed E-state index contributed by atoms with van der Waals surface area (Å²) in [6.07, 6.45) is 6.06. The van der Waals surface area contributed by atoms with Crippen LogP contribution in [0.1, 0.15) is 37.7 Å². The molecule has 2 nitrogen and oxygen atoms in total. The SMILES string of the molecule is O=C(CCCCc1cccc(-c2ccccc2)c1)NC1CC1. The van der Waals surface area contributed by atoms with Crippen molar-refractivity contribution in [2.75, 3.05) is 0 Å². The second-order valence-corrected chi connectivity index (χ2v) is 6.12. The van der Waals surface area contributed by atoms with E-state index in [2.05, 4.69) is 53.8 Å². The van der Waals surface area contributed by atoms with Crippen molar-refractivity contribution in [2.24, 2.45) is 0 Å². The van der Waals surface area contributed by atoms with E-state index in [1.165, 1.54) is 16.7 Å². The third-order valence-corrected chi connectivity index (χ3v) is 4.10. The van der Waals surface area contributed by atoms with Crippen molar-refractivity contribution in [2.45, 2.75) is 44.6 Å². The molecule has 0 spiro atoms. The van der Waals surface area contributed by atoms with E-state index in [0.29, 0.717) is 12.5 Å². The lowest BCUT2D eigenvalue weighted by Gasteiger charge is -2.06. The fraction of sp³-hybridized carbons (Fsp3) is 0.350. The minimum atomic E-state index is 0.223. The molecule has 1 saturated carbocycles. The van der Waals surface area contributed by atoms with Crippen LogP contribution in [-0.2, 0) is 11.2 Å². The van der Waals surface area contributed by atoms with Crippen LogP contribution in [0.25, 0.3) is 11.1 Å². The van der Waals surface area contributed by atoms with Crippen LogP contribution in [0.15, 0.2) is 54.6 Å². The number of hydrogen-bond acceptors (Lipinski definition) is 1. The molecule has 1 aliphatic carbocycles. The number of nitrogens with one attached hydrogen (secondary N) is 1. The molecule has 1 fully saturated rings. The number of carbonyl (C=O) groups excluding carboxylic acids is 1. The van der Waals surface area contributed by atoms with Crippen LogP contribution in [0.2, 0.25) is 0 Å². The van der Waals surface area contributed by atoms with Gasteiger partial charge in [0.2, 0.25) is 5.91 Å². The average molecular weight is 293 g/mol. The Morgan fingerprint density at radius 2 is 1.73 bits per heavy atom. The highest BCUT2D eigenvalue weighted by Crippen LogP contribution is 2.21. The lowest BCUT2D eigenvalue weighted by Crippen LogP contribution is -2.24. The molecule has 0 radical (unpaired) electrons. The van der Waals surface area contributed by atoms with Crippen LogP contribution in [0.3, 0.4) is 0 Å². The van der Waals surface area contributed by atoms with Gasteiger partial charge < -0.3 is 5.32 Å². The molecular weight excluding hydrogens is 270 g/mol. The summed E-state index contributed by atoms with van der Waals surface area (Å²) in [7, 11) is 0. The van der Waals surface area contributed by atoms with Gasteiger partial charge in [0, 0.05) is 12.5 Å². The van der Waals surface area contributed by atoms with Crippen LogP contribution < -0.4 is 5.32 Å². The van der Waals surface area contributed by atoms with Gasteiger partial charge in [-0.15, -0.1) is 0 Å². The van der Waals surface area contributed by atoms with Crippen LogP contribution in [0, 0.1) is 0 Å². The second-order valence-electron chi connectivity index (χ2n) is 6.12. The van der Waals surface area contributed by atoms with Crippen LogP contribution in [0.4, 0.5) is 0 Å². The van der Waals surface area contributed by atoms with E-state index in [1.807, 2.05) is 6.07 Å². The van der Waals surface area contributed by atoms with Crippen molar-refractivity contribution >= 4 is 5.91 Å². The summed E-state index contributed by atoms with van der Waals surface area (Å²) in [6.45, 7) is 0. The van der Waals surface area contributed by atoms with E-state index in [9.17, 15) is 4.79 Å².